The largest absolute Gasteiger partial charge is 0.303 e. The maximum atomic E-state index is 2.84. The first-order chi connectivity index (χ1) is 13.4. The molecule has 0 aromatic heterocycles. The molecule has 27 heavy (non-hydrogen) atoms. The van der Waals surface area contributed by atoms with Crippen molar-refractivity contribution in [3.05, 3.63) is 0 Å². The monoisotopic (exact) mass is 379 g/mol. The fraction of sp³-hybridized carbons (Fsp3) is 1.00. The topological polar surface area (TPSA) is 3.24 Å². The minimum Gasteiger partial charge on any atom is -0.303 e. The van der Waals surface area contributed by atoms with Crippen LogP contribution >= 0.6 is 0 Å². The van der Waals surface area contributed by atoms with Gasteiger partial charge in [-0.2, -0.15) is 0 Å². The van der Waals surface area contributed by atoms with Gasteiger partial charge in [0.1, 0.15) is 0 Å². The molecule has 0 amide bonds. The maximum absolute atomic E-state index is 2.84. The second-order valence-electron chi connectivity index (χ2n) is 9.38. The van der Waals surface area contributed by atoms with Crippen molar-refractivity contribution in [3.63, 3.8) is 0 Å². The van der Waals surface area contributed by atoms with E-state index < -0.39 is 0 Å². The lowest BCUT2D eigenvalue weighted by Crippen LogP contribution is -2.29. The molecule has 162 valence electrons. The quantitative estimate of drug-likeness (QED) is 0.203. The van der Waals surface area contributed by atoms with Crippen LogP contribution in [0, 0.1) is 5.92 Å². The molecule has 1 aliphatic rings. The molecule has 1 rings (SSSR count). The minimum atomic E-state index is 1.05. The lowest BCUT2D eigenvalue weighted by Gasteiger charge is -2.27. The maximum Gasteiger partial charge on any atom is -0.00161 e. The molecule has 0 unspecified atom stereocenters. The summed E-state index contributed by atoms with van der Waals surface area (Å²) in [4.78, 5) is 2.84. The van der Waals surface area contributed by atoms with Crippen molar-refractivity contribution in [3.8, 4) is 0 Å². The SMILES string of the molecule is CCCCCCCCCN(CCCCCCCCC)CCC1CCCCC1. The molecule has 0 aromatic carbocycles. The highest BCUT2D eigenvalue weighted by molar-refractivity contribution is 4.69. The van der Waals surface area contributed by atoms with E-state index in [1.807, 2.05) is 0 Å². The van der Waals surface area contributed by atoms with Gasteiger partial charge < -0.3 is 4.90 Å². The average molecular weight is 380 g/mol. The van der Waals surface area contributed by atoms with Crippen LogP contribution in [-0.4, -0.2) is 24.5 Å². The van der Waals surface area contributed by atoms with Crippen molar-refractivity contribution in [2.24, 2.45) is 5.92 Å². The number of unbranched alkanes of at least 4 members (excludes halogenated alkanes) is 12. The van der Waals surface area contributed by atoms with Crippen LogP contribution in [-0.2, 0) is 0 Å². The van der Waals surface area contributed by atoms with Crippen LogP contribution in [0.3, 0.4) is 0 Å². The molecule has 0 spiro atoms. The zero-order chi connectivity index (χ0) is 19.4. The molecule has 1 saturated carbocycles. The lowest BCUT2D eigenvalue weighted by molar-refractivity contribution is 0.223. The molecular formula is C26H53N. The zero-order valence-corrected chi connectivity index (χ0v) is 19.3. The number of nitrogens with zero attached hydrogens (tertiary/aromatic N) is 1. The molecule has 1 heteroatoms. The Morgan fingerprint density at radius 1 is 0.519 bits per heavy atom. The second-order valence-corrected chi connectivity index (χ2v) is 9.38. The summed E-state index contributed by atoms with van der Waals surface area (Å²) in [5.41, 5.74) is 0. The van der Waals surface area contributed by atoms with Gasteiger partial charge in [0, 0.05) is 0 Å². The Bertz CT molecular complexity index is 264. The number of hydrogen-bond donors (Lipinski definition) is 0. The predicted octanol–water partition coefficient (Wildman–Crippen LogP) is 8.76. The first kappa shape index (κ1) is 25.0. The molecule has 0 heterocycles. The average Bonchev–Trinajstić information content (AvgIpc) is 2.70. The van der Waals surface area contributed by atoms with Crippen molar-refractivity contribution in [2.45, 2.75) is 142 Å². The highest BCUT2D eigenvalue weighted by Gasteiger charge is 2.15. The summed E-state index contributed by atoms with van der Waals surface area (Å²) in [5, 5.41) is 0. The van der Waals surface area contributed by atoms with Crippen molar-refractivity contribution in [1.29, 1.82) is 0 Å². The second kappa shape index (κ2) is 19.3. The van der Waals surface area contributed by atoms with E-state index in [4.69, 9.17) is 0 Å². The van der Waals surface area contributed by atoms with E-state index >= 15 is 0 Å². The summed E-state index contributed by atoms with van der Waals surface area (Å²) in [6.45, 7) is 8.75. The molecule has 0 bridgehead atoms. The molecule has 0 aliphatic heterocycles. The van der Waals surface area contributed by atoms with Crippen LogP contribution in [0.25, 0.3) is 0 Å². The Labute approximate surface area is 173 Å². The van der Waals surface area contributed by atoms with Crippen LogP contribution < -0.4 is 0 Å². The van der Waals surface area contributed by atoms with E-state index in [2.05, 4.69) is 18.7 Å². The summed E-state index contributed by atoms with van der Waals surface area (Å²) in [6.07, 6.45) is 29.2. The van der Waals surface area contributed by atoms with Gasteiger partial charge in [0.25, 0.3) is 0 Å². The van der Waals surface area contributed by atoms with Crippen LogP contribution in [0.1, 0.15) is 142 Å². The van der Waals surface area contributed by atoms with E-state index in [1.165, 1.54) is 148 Å². The Morgan fingerprint density at radius 2 is 0.963 bits per heavy atom. The number of rotatable bonds is 19. The minimum absolute atomic E-state index is 1.05. The summed E-state index contributed by atoms with van der Waals surface area (Å²) >= 11 is 0. The molecule has 0 saturated heterocycles. The van der Waals surface area contributed by atoms with E-state index in [0.29, 0.717) is 0 Å². The summed E-state index contributed by atoms with van der Waals surface area (Å²) in [6, 6.07) is 0. The fourth-order valence-corrected chi connectivity index (χ4v) is 4.76. The smallest absolute Gasteiger partial charge is 0.00161 e. The Balaban J connectivity index is 2.13. The summed E-state index contributed by atoms with van der Waals surface area (Å²) in [5.74, 6) is 1.05. The highest BCUT2D eigenvalue weighted by atomic mass is 15.1. The first-order valence-electron chi connectivity index (χ1n) is 13.1. The lowest BCUT2D eigenvalue weighted by atomic mass is 9.87. The molecule has 0 radical (unpaired) electrons. The molecule has 0 atom stereocenters. The molecular weight excluding hydrogens is 326 g/mol. The molecule has 1 aliphatic carbocycles. The molecule has 0 aromatic rings. The third-order valence-electron chi connectivity index (χ3n) is 6.73. The third kappa shape index (κ3) is 15.5. The molecule has 1 nitrogen and oxygen atoms in total. The molecule has 1 fully saturated rings. The van der Waals surface area contributed by atoms with Crippen LogP contribution in [0.15, 0.2) is 0 Å². The first-order valence-corrected chi connectivity index (χ1v) is 13.1. The van der Waals surface area contributed by atoms with Gasteiger partial charge in [-0.25, -0.2) is 0 Å². The van der Waals surface area contributed by atoms with E-state index in [0.717, 1.165) is 5.92 Å². The molecule has 0 N–H and O–H groups in total. The van der Waals surface area contributed by atoms with E-state index in [-0.39, 0.29) is 0 Å². The van der Waals surface area contributed by atoms with E-state index in [1.54, 1.807) is 0 Å². The van der Waals surface area contributed by atoms with Gasteiger partial charge in [0.2, 0.25) is 0 Å². The van der Waals surface area contributed by atoms with Crippen molar-refractivity contribution < 1.29 is 0 Å². The van der Waals surface area contributed by atoms with Gasteiger partial charge in [-0.3, -0.25) is 0 Å². The number of hydrogen-bond acceptors (Lipinski definition) is 1. The Morgan fingerprint density at radius 3 is 1.44 bits per heavy atom. The van der Waals surface area contributed by atoms with E-state index in [9.17, 15) is 0 Å². The summed E-state index contributed by atoms with van der Waals surface area (Å²) in [7, 11) is 0. The van der Waals surface area contributed by atoms with Crippen LogP contribution in [0.2, 0.25) is 0 Å². The van der Waals surface area contributed by atoms with Crippen molar-refractivity contribution in [1.82, 2.24) is 4.90 Å². The van der Waals surface area contributed by atoms with Crippen molar-refractivity contribution in [2.75, 3.05) is 19.6 Å². The van der Waals surface area contributed by atoms with Gasteiger partial charge in [0.05, 0.1) is 0 Å². The van der Waals surface area contributed by atoms with Gasteiger partial charge in [-0.1, -0.05) is 123 Å². The fourth-order valence-electron chi connectivity index (χ4n) is 4.76. The van der Waals surface area contributed by atoms with Crippen LogP contribution in [0.4, 0.5) is 0 Å². The standard InChI is InChI=1S/C26H53N/c1-3-5-7-9-11-13-18-23-27(24-19-14-12-10-8-6-4-2)25-22-26-20-16-15-17-21-26/h26H,3-25H2,1-2H3. The normalized spacial score (nSPS) is 15.7. The zero-order valence-electron chi connectivity index (χ0n) is 19.3. The third-order valence-corrected chi connectivity index (χ3v) is 6.73. The summed E-state index contributed by atoms with van der Waals surface area (Å²) < 4.78 is 0. The van der Waals surface area contributed by atoms with Gasteiger partial charge in [0.15, 0.2) is 0 Å². The van der Waals surface area contributed by atoms with Crippen molar-refractivity contribution >= 4 is 0 Å². The predicted molar refractivity (Wildman–Crippen MR) is 124 cm³/mol. The highest BCUT2D eigenvalue weighted by Crippen LogP contribution is 2.26. The Hall–Kier alpha value is -0.0400. The van der Waals surface area contributed by atoms with Gasteiger partial charge >= 0.3 is 0 Å². The van der Waals surface area contributed by atoms with Gasteiger partial charge in [-0.15, -0.1) is 0 Å². The Kier molecular flexibility index (Phi) is 17.9. The van der Waals surface area contributed by atoms with Crippen LogP contribution in [0.5, 0.6) is 0 Å². The van der Waals surface area contributed by atoms with Gasteiger partial charge in [-0.05, 0) is 44.8 Å².